The molecule has 0 aliphatic carbocycles. The maximum atomic E-state index is 12.2. The fourth-order valence-corrected chi connectivity index (χ4v) is 2.88. The second kappa shape index (κ2) is 6.99. The first-order valence-electron chi connectivity index (χ1n) is 6.83. The Labute approximate surface area is 127 Å². The highest BCUT2D eigenvalue weighted by molar-refractivity contribution is 9.10. The number of hydrogen-bond donors (Lipinski definition) is 1. The summed E-state index contributed by atoms with van der Waals surface area (Å²) in [6.07, 6.45) is 1.82. The van der Waals surface area contributed by atoms with Crippen LogP contribution >= 0.6 is 15.9 Å². The van der Waals surface area contributed by atoms with E-state index < -0.39 is 0 Å². The average Bonchev–Trinajstić information content (AvgIpc) is 2.40. The van der Waals surface area contributed by atoms with E-state index in [-0.39, 0.29) is 17.7 Å². The van der Waals surface area contributed by atoms with Crippen molar-refractivity contribution in [1.29, 1.82) is 0 Å². The monoisotopic (exact) mass is 338 g/mol. The molecular weight excluding hydrogens is 320 g/mol. The van der Waals surface area contributed by atoms with Gasteiger partial charge in [-0.2, -0.15) is 0 Å². The third-order valence-electron chi connectivity index (χ3n) is 3.51. The number of halogens is 1. The van der Waals surface area contributed by atoms with Gasteiger partial charge in [0.1, 0.15) is 0 Å². The van der Waals surface area contributed by atoms with E-state index in [1.807, 2.05) is 24.3 Å². The summed E-state index contributed by atoms with van der Waals surface area (Å²) < 4.78 is 0.924. The van der Waals surface area contributed by atoms with Crippen molar-refractivity contribution in [2.45, 2.75) is 25.8 Å². The number of hydrogen-bond acceptors (Lipinski definition) is 3. The van der Waals surface area contributed by atoms with Gasteiger partial charge in [-0.05, 0) is 25.0 Å². The summed E-state index contributed by atoms with van der Waals surface area (Å²) in [7, 11) is 0. The molecule has 1 fully saturated rings. The first-order chi connectivity index (χ1) is 9.54. The highest BCUT2D eigenvalue weighted by Crippen LogP contribution is 2.14. The van der Waals surface area contributed by atoms with Gasteiger partial charge in [-0.3, -0.25) is 14.5 Å². The van der Waals surface area contributed by atoms with E-state index in [2.05, 4.69) is 26.1 Å². The van der Waals surface area contributed by atoms with Crippen LogP contribution in [0.3, 0.4) is 0 Å². The fraction of sp³-hybridized carbons (Fsp3) is 0.467. The standard InChI is InChI=1S/C15H19BrN2O2/c1-11(19)17-14-5-7-18(8-6-14)10-15(20)12-3-2-4-13(16)9-12/h2-4,9,14H,5-8,10H2,1H3,(H,17,19). The summed E-state index contributed by atoms with van der Waals surface area (Å²) in [6, 6.07) is 7.74. The number of benzene rings is 1. The van der Waals surface area contributed by atoms with Crippen molar-refractivity contribution in [1.82, 2.24) is 10.2 Å². The van der Waals surface area contributed by atoms with Gasteiger partial charge in [-0.1, -0.05) is 28.1 Å². The molecule has 1 N–H and O–H groups in total. The lowest BCUT2D eigenvalue weighted by Gasteiger charge is -2.31. The van der Waals surface area contributed by atoms with E-state index in [9.17, 15) is 9.59 Å². The fourth-order valence-electron chi connectivity index (χ4n) is 2.48. The summed E-state index contributed by atoms with van der Waals surface area (Å²) >= 11 is 3.38. The smallest absolute Gasteiger partial charge is 0.217 e. The highest BCUT2D eigenvalue weighted by Gasteiger charge is 2.21. The number of amides is 1. The normalized spacial score (nSPS) is 16.9. The Morgan fingerprint density at radius 2 is 2.05 bits per heavy atom. The SMILES string of the molecule is CC(=O)NC1CCN(CC(=O)c2cccc(Br)c2)CC1. The zero-order valence-corrected chi connectivity index (χ0v) is 13.1. The molecular formula is C15H19BrN2O2. The number of likely N-dealkylation sites (tertiary alicyclic amines) is 1. The maximum Gasteiger partial charge on any atom is 0.217 e. The molecule has 1 saturated heterocycles. The second-order valence-corrected chi connectivity index (χ2v) is 6.10. The van der Waals surface area contributed by atoms with Crippen LogP contribution in [0.2, 0.25) is 0 Å². The Hall–Kier alpha value is -1.20. The lowest BCUT2D eigenvalue weighted by atomic mass is 10.0. The molecule has 2 rings (SSSR count). The Morgan fingerprint density at radius 3 is 2.65 bits per heavy atom. The van der Waals surface area contributed by atoms with E-state index in [0.717, 1.165) is 36.0 Å². The van der Waals surface area contributed by atoms with Crippen molar-refractivity contribution >= 4 is 27.6 Å². The van der Waals surface area contributed by atoms with Crippen LogP contribution in [0.5, 0.6) is 0 Å². The summed E-state index contributed by atoms with van der Waals surface area (Å²) in [5.74, 6) is 0.165. The summed E-state index contributed by atoms with van der Waals surface area (Å²) in [5, 5.41) is 2.94. The van der Waals surface area contributed by atoms with Crippen LogP contribution in [0.1, 0.15) is 30.1 Å². The second-order valence-electron chi connectivity index (χ2n) is 5.18. The third kappa shape index (κ3) is 4.42. The van der Waals surface area contributed by atoms with E-state index in [1.165, 1.54) is 0 Å². The number of Topliss-reactive ketones (excluding diaryl/α,β-unsaturated/α-hetero) is 1. The Kier molecular flexibility index (Phi) is 5.31. The molecule has 0 aromatic heterocycles. The molecule has 0 radical (unpaired) electrons. The Balaban J connectivity index is 1.83. The quantitative estimate of drug-likeness (QED) is 0.856. The third-order valence-corrected chi connectivity index (χ3v) is 4.00. The molecule has 0 bridgehead atoms. The maximum absolute atomic E-state index is 12.2. The van der Waals surface area contributed by atoms with Crippen LogP contribution in [0.15, 0.2) is 28.7 Å². The summed E-state index contributed by atoms with van der Waals surface area (Å²) in [5.41, 5.74) is 0.739. The van der Waals surface area contributed by atoms with Gasteiger partial charge in [0.2, 0.25) is 5.91 Å². The number of nitrogens with one attached hydrogen (secondary N) is 1. The van der Waals surface area contributed by atoms with Crippen molar-refractivity contribution in [3.05, 3.63) is 34.3 Å². The van der Waals surface area contributed by atoms with Gasteiger partial charge in [-0.15, -0.1) is 0 Å². The number of rotatable bonds is 4. The Morgan fingerprint density at radius 1 is 1.35 bits per heavy atom. The molecule has 1 heterocycles. The minimum atomic E-state index is 0.0219. The van der Waals surface area contributed by atoms with Gasteiger partial charge in [0.05, 0.1) is 6.54 Å². The van der Waals surface area contributed by atoms with Gasteiger partial charge in [0, 0.05) is 36.1 Å². The van der Waals surface area contributed by atoms with E-state index in [0.29, 0.717) is 6.54 Å². The molecule has 108 valence electrons. The number of carbonyl (C=O) groups excluding carboxylic acids is 2. The lowest BCUT2D eigenvalue weighted by molar-refractivity contribution is -0.119. The predicted octanol–water partition coefficient (Wildman–Crippen LogP) is 2.23. The van der Waals surface area contributed by atoms with Crippen molar-refractivity contribution in [3.8, 4) is 0 Å². The molecule has 1 amide bonds. The molecule has 0 unspecified atom stereocenters. The zero-order chi connectivity index (χ0) is 14.5. The van der Waals surface area contributed by atoms with Gasteiger partial charge >= 0.3 is 0 Å². The molecule has 0 spiro atoms. The molecule has 20 heavy (non-hydrogen) atoms. The zero-order valence-electron chi connectivity index (χ0n) is 11.6. The van der Waals surface area contributed by atoms with Crippen molar-refractivity contribution in [2.24, 2.45) is 0 Å². The summed E-state index contributed by atoms with van der Waals surface area (Å²) in [6.45, 7) is 3.70. The molecule has 1 aromatic rings. The number of carbonyl (C=O) groups is 2. The highest BCUT2D eigenvalue weighted by atomic mass is 79.9. The molecule has 1 aromatic carbocycles. The molecule has 1 aliphatic rings. The molecule has 5 heteroatoms. The first-order valence-corrected chi connectivity index (χ1v) is 7.62. The van der Waals surface area contributed by atoms with Crippen LogP contribution < -0.4 is 5.32 Å². The number of piperidine rings is 1. The van der Waals surface area contributed by atoms with Crippen LogP contribution in [0, 0.1) is 0 Å². The van der Waals surface area contributed by atoms with Crippen LogP contribution in [-0.2, 0) is 4.79 Å². The van der Waals surface area contributed by atoms with Crippen molar-refractivity contribution in [3.63, 3.8) is 0 Å². The topological polar surface area (TPSA) is 49.4 Å². The largest absolute Gasteiger partial charge is 0.354 e. The van der Waals surface area contributed by atoms with E-state index >= 15 is 0 Å². The number of nitrogens with zero attached hydrogens (tertiary/aromatic N) is 1. The van der Waals surface area contributed by atoms with Crippen molar-refractivity contribution < 1.29 is 9.59 Å². The van der Waals surface area contributed by atoms with Gasteiger partial charge in [-0.25, -0.2) is 0 Å². The number of ketones is 1. The lowest BCUT2D eigenvalue weighted by Crippen LogP contribution is -2.45. The van der Waals surface area contributed by atoms with E-state index in [4.69, 9.17) is 0 Å². The van der Waals surface area contributed by atoms with Gasteiger partial charge in [0.25, 0.3) is 0 Å². The van der Waals surface area contributed by atoms with Crippen LogP contribution in [0.4, 0.5) is 0 Å². The van der Waals surface area contributed by atoms with Crippen LogP contribution in [-0.4, -0.2) is 42.3 Å². The van der Waals surface area contributed by atoms with Gasteiger partial charge in [0.15, 0.2) is 5.78 Å². The average molecular weight is 339 g/mol. The minimum absolute atomic E-state index is 0.0219. The first kappa shape index (κ1) is 15.2. The molecule has 0 saturated carbocycles. The predicted molar refractivity (Wildman–Crippen MR) is 81.8 cm³/mol. The van der Waals surface area contributed by atoms with Crippen molar-refractivity contribution in [2.75, 3.05) is 19.6 Å². The molecule has 4 nitrogen and oxygen atoms in total. The molecule has 1 aliphatic heterocycles. The summed E-state index contributed by atoms with van der Waals surface area (Å²) in [4.78, 5) is 25.4. The minimum Gasteiger partial charge on any atom is -0.354 e. The van der Waals surface area contributed by atoms with E-state index in [1.54, 1.807) is 6.92 Å². The Bertz CT molecular complexity index is 496. The van der Waals surface area contributed by atoms with Gasteiger partial charge < -0.3 is 5.32 Å². The molecule has 0 atom stereocenters. The van der Waals surface area contributed by atoms with Crippen LogP contribution in [0.25, 0.3) is 0 Å².